The fourth-order valence-corrected chi connectivity index (χ4v) is 3.82. The highest BCUT2D eigenvalue weighted by Crippen LogP contribution is 2.31. The Kier molecular flexibility index (Phi) is 5.10. The lowest BCUT2D eigenvalue weighted by molar-refractivity contribution is -0.125. The Morgan fingerprint density at radius 3 is 2.96 bits per heavy atom. The smallest absolute Gasteiger partial charge is 0.246 e. The molecule has 9 heteroatoms. The molecule has 0 unspecified atom stereocenters. The summed E-state index contributed by atoms with van der Waals surface area (Å²) in [5, 5.41) is 8.24. The molecule has 8 nitrogen and oxygen atoms in total. The van der Waals surface area contributed by atoms with Gasteiger partial charge in [-0.2, -0.15) is 9.47 Å². The molecular formula is C15H22N6O2S. The van der Waals surface area contributed by atoms with Gasteiger partial charge in [0.05, 0.1) is 6.04 Å². The van der Waals surface area contributed by atoms with E-state index in [4.69, 9.17) is 4.74 Å². The maximum absolute atomic E-state index is 12.0. The number of hydrogen-bond donors (Lipinski definition) is 1. The molecule has 130 valence electrons. The van der Waals surface area contributed by atoms with Gasteiger partial charge in [-0.05, 0) is 6.07 Å². The minimum absolute atomic E-state index is 0.0166. The Hall–Kier alpha value is -2.00. The van der Waals surface area contributed by atoms with E-state index in [9.17, 15) is 4.79 Å². The summed E-state index contributed by atoms with van der Waals surface area (Å²) in [6.07, 6.45) is 2.61. The topological polar surface area (TPSA) is 85.2 Å². The number of nitrogens with zero attached hydrogens (tertiary/aromatic N) is 5. The summed E-state index contributed by atoms with van der Waals surface area (Å²) in [7, 11) is 3.44. The summed E-state index contributed by atoms with van der Waals surface area (Å²) in [5.41, 5.74) is 1.10. The van der Waals surface area contributed by atoms with Crippen molar-refractivity contribution in [2.24, 2.45) is 7.05 Å². The summed E-state index contributed by atoms with van der Waals surface area (Å²) >= 11 is 1.41. The van der Waals surface area contributed by atoms with Gasteiger partial charge < -0.3 is 15.0 Å². The molecule has 1 aliphatic heterocycles. The molecule has 2 atom stereocenters. The molecule has 2 aromatic heterocycles. The maximum atomic E-state index is 12.0. The van der Waals surface area contributed by atoms with Crippen LogP contribution < -0.4 is 10.2 Å². The van der Waals surface area contributed by atoms with Crippen LogP contribution in [0.3, 0.4) is 0 Å². The first kappa shape index (κ1) is 16.8. The summed E-state index contributed by atoms with van der Waals surface area (Å²) in [6.45, 7) is 3.58. The van der Waals surface area contributed by atoms with Crippen molar-refractivity contribution in [3.63, 3.8) is 0 Å². The van der Waals surface area contributed by atoms with Gasteiger partial charge in [-0.1, -0.05) is 6.92 Å². The van der Waals surface area contributed by atoms with Crippen molar-refractivity contribution < 1.29 is 9.53 Å². The van der Waals surface area contributed by atoms with E-state index in [1.165, 1.54) is 18.6 Å². The van der Waals surface area contributed by atoms with Crippen LogP contribution in [0.1, 0.15) is 24.4 Å². The highest BCUT2D eigenvalue weighted by Gasteiger charge is 2.37. The lowest BCUT2D eigenvalue weighted by atomic mass is 9.99. The molecule has 0 saturated carbocycles. The Balaban J connectivity index is 1.81. The molecule has 0 aliphatic carbocycles. The maximum Gasteiger partial charge on any atom is 0.246 e. The quantitative estimate of drug-likeness (QED) is 0.820. The fraction of sp³-hybridized carbons (Fsp3) is 0.600. The van der Waals surface area contributed by atoms with Crippen LogP contribution in [0, 0.1) is 0 Å². The second kappa shape index (κ2) is 7.27. The number of aryl methyl sites for hydroxylation is 2. The molecule has 1 amide bonds. The van der Waals surface area contributed by atoms with E-state index < -0.39 is 0 Å². The second-order valence-electron chi connectivity index (χ2n) is 5.84. The van der Waals surface area contributed by atoms with Gasteiger partial charge in [0, 0.05) is 63.0 Å². The Morgan fingerprint density at radius 1 is 1.50 bits per heavy atom. The van der Waals surface area contributed by atoms with Crippen molar-refractivity contribution in [3.8, 4) is 0 Å². The lowest BCUT2D eigenvalue weighted by Crippen LogP contribution is -2.41. The standard InChI is InChI=1S/C15H22N6O2S/c1-4-13-18-15(24-19-13)21-7-10(12-5-6-16-20(12)2)11(8-21)17-14(22)9-23-3/h5-6,10-11H,4,7-9H2,1-3H3,(H,17,22)/t10-,11-/m1/s1. The van der Waals surface area contributed by atoms with Crippen molar-refractivity contribution in [3.05, 3.63) is 23.8 Å². The molecule has 2 aromatic rings. The van der Waals surface area contributed by atoms with Crippen LogP contribution in [0.15, 0.2) is 12.3 Å². The molecule has 0 aromatic carbocycles. The number of hydrogen-bond acceptors (Lipinski definition) is 7. The molecule has 1 aliphatic rings. The fourth-order valence-electron chi connectivity index (χ4n) is 3.05. The van der Waals surface area contributed by atoms with Crippen LogP contribution in [0.2, 0.25) is 0 Å². The van der Waals surface area contributed by atoms with Crippen LogP contribution in [0.25, 0.3) is 0 Å². The van der Waals surface area contributed by atoms with Crippen molar-refractivity contribution in [1.29, 1.82) is 0 Å². The lowest BCUT2D eigenvalue weighted by Gasteiger charge is -2.19. The number of rotatable bonds is 6. The van der Waals surface area contributed by atoms with Crippen LogP contribution in [0.4, 0.5) is 5.13 Å². The predicted molar refractivity (Wildman–Crippen MR) is 91.3 cm³/mol. The number of anilines is 1. The zero-order valence-corrected chi connectivity index (χ0v) is 14.9. The summed E-state index contributed by atoms with van der Waals surface area (Å²) in [5.74, 6) is 0.897. The van der Waals surface area contributed by atoms with Crippen LogP contribution in [-0.2, 0) is 23.0 Å². The normalized spacial score (nSPS) is 20.5. The van der Waals surface area contributed by atoms with E-state index in [1.54, 1.807) is 6.20 Å². The number of amides is 1. The van der Waals surface area contributed by atoms with Crippen molar-refractivity contribution in [1.82, 2.24) is 24.5 Å². The minimum Gasteiger partial charge on any atom is -0.375 e. The van der Waals surface area contributed by atoms with E-state index in [0.29, 0.717) is 6.54 Å². The van der Waals surface area contributed by atoms with Crippen molar-refractivity contribution in [2.45, 2.75) is 25.3 Å². The molecule has 1 fully saturated rings. The monoisotopic (exact) mass is 350 g/mol. The van der Waals surface area contributed by atoms with Gasteiger partial charge in [0.25, 0.3) is 0 Å². The number of ether oxygens (including phenoxy) is 1. The third kappa shape index (κ3) is 3.41. The summed E-state index contributed by atoms with van der Waals surface area (Å²) in [6, 6.07) is 1.98. The highest BCUT2D eigenvalue weighted by atomic mass is 32.1. The number of nitrogens with one attached hydrogen (secondary N) is 1. The van der Waals surface area contributed by atoms with Gasteiger partial charge in [-0.3, -0.25) is 9.48 Å². The Labute approximate surface area is 145 Å². The zero-order valence-electron chi connectivity index (χ0n) is 14.1. The van der Waals surface area contributed by atoms with Gasteiger partial charge in [-0.15, -0.1) is 0 Å². The van der Waals surface area contributed by atoms with Crippen molar-refractivity contribution in [2.75, 3.05) is 31.7 Å². The van der Waals surface area contributed by atoms with E-state index in [0.717, 1.165) is 29.6 Å². The first-order valence-electron chi connectivity index (χ1n) is 7.96. The average Bonchev–Trinajstić information content (AvgIpc) is 3.26. The van der Waals surface area contributed by atoms with Gasteiger partial charge in [0.1, 0.15) is 12.4 Å². The van der Waals surface area contributed by atoms with E-state index >= 15 is 0 Å². The zero-order chi connectivity index (χ0) is 17.1. The second-order valence-corrected chi connectivity index (χ2v) is 6.58. The minimum atomic E-state index is -0.108. The molecule has 3 heterocycles. The van der Waals surface area contributed by atoms with E-state index in [1.807, 2.05) is 24.7 Å². The molecule has 1 saturated heterocycles. The van der Waals surface area contributed by atoms with Gasteiger partial charge in [0.15, 0.2) is 0 Å². The molecule has 3 rings (SSSR count). The van der Waals surface area contributed by atoms with Gasteiger partial charge in [0.2, 0.25) is 11.0 Å². The number of carbonyl (C=O) groups excluding carboxylic acids is 1. The number of methoxy groups -OCH3 is 1. The molecule has 0 radical (unpaired) electrons. The largest absolute Gasteiger partial charge is 0.375 e. The third-order valence-electron chi connectivity index (χ3n) is 4.22. The molecule has 1 N–H and O–H groups in total. The summed E-state index contributed by atoms with van der Waals surface area (Å²) in [4.78, 5) is 18.7. The third-order valence-corrected chi connectivity index (χ3v) is 5.04. The molecular weight excluding hydrogens is 328 g/mol. The first-order chi connectivity index (χ1) is 11.6. The first-order valence-corrected chi connectivity index (χ1v) is 8.73. The van der Waals surface area contributed by atoms with E-state index in [-0.39, 0.29) is 24.5 Å². The van der Waals surface area contributed by atoms with Crippen LogP contribution in [0.5, 0.6) is 0 Å². The molecule has 0 spiro atoms. The van der Waals surface area contributed by atoms with Gasteiger partial charge in [-0.25, -0.2) is 4.98 Å². The Morgan fingerprint density at radius 2 is 2.33 bits per heavy atom. The average molecular weight is 350 g/mol. The number of aromatic nitrogens is 4. The van der Waals surface area contributed by atoms with Crippen molar-refractivity contribution >= 4 is 22.6 Å². The van der Waals surface area contributed by atoms with Crippen LogP contribution in [-0.4, -0.2) is 57.9 Å². The SMILES string of the molecule is CCc1nsc(N2C[C@@H](NC(=O)COC)[C@H](c3ccnn3C)C2)n1. The predicted octanol–water partition coefficient (Wildman–Crippen LogP) is 0.569. The van der Waals surface area contributed by atoms with Gasteiger partial charge >= 0.3 is 0 Å². The number of carbonyl (C=O) groups is 1. The molecule has 0 bridgehead atoms. The summed E-state index contributed by atoms with van der Waals surface area (Å²) < 4.78 is 11.2. The van der Waals surface area contributed by atoms with Crippen LogP contribution >= 0.6 is 11.5 Å². The Bertz CT molecular complexity index is 700. The van der Waals surface area contributed by atoms with E-state index in [2.05, 4.69) is 24.7 Å². The highest BCUT2D eigenvalue weighted by molar-refractivity contribution is 7.09. The molecule has 24 heavy (non-hydrogen) atoms.